The average Bonchev–Trinajstić information content (AvgIpc) is 2.44. The molecule has 0 aromatic rings. The van der Waals surface area contributed by atoms with Crippen molar-refractivity contribution in [3.05, 3.63) is 0 Å². The van der Waals surface area contributed by atoms with Gasteiger partial charge in [0.05, 0.1) is 6.04 Å². The number of likely N-dealkylation sites (N-methyl/N-ethyl adjacent to an activating group) is 2. The second kappa shape index (κ2) is 14.9. The van der Waals surface area contributed by atoms with Gasteiger partial charge in [-0.25, -0.2) is 0 Å². The molecule has 0 fully saturated rings. The van der Waals surface area contributed by atoms with E-state index in [9.17, 15) is 9.59 Å². The molecule has 0 aliphatic rings. The highest BCUT2D eigenvalue weighted by atomic mass is 16.2. The fourth-order valence-electron chi connectivity index (χ4n) is 1.60. The lowest BCUT2D eigenvalue weighted by Gasteiger charge is -2.14. The molecule has 0 saturated heterocycles. The lowest BCUT2D eigenvalue weighted by atomic mass is 10.1. The molecule has 0 aromatic heterocycles. The molecule has 6 heteroatoms. The molecule has 2 amide bonds. The minimum Gasteiger partial charge on any atom is -0.358 e. The number of rotatable bonds is 9. The van der Waals surface area contributed by atoms with Crippen molar-refractivity contribution in [3.63, 3.8) is 0 Å². The van der Waals surface area contributed by atoms with E-state index in [1.54, 1.807) is 14.1 Å². The molecule has 6 nitrogen and oxygen atoms in total. The molecular weight excluding hydrogens is 244 g/mol. The molecule has 1 atom stereocenters. The van der Waals surface area contributed by atoms with Gasteiger partial charge in [-0.1, -0.05) is 6.92 Å². The fraction of sp³-hybridized carbons (Fsp3) is 0.846. The molecule has 0 saturated carbocycles. The van der Waals surface area contributed by atoms with Crippen LogP contribution >= 0.6 is 0 Å². The lowest BCUT2D eigenvalue weighted by Crippen LogP contribution is -2.41. The second-order valence-electron chi connectivity index (χ2n) is 4.05. The normalized spacial score (nSPS) is 11.0. The van der Waals surface area contributed by atoms with Crippen molar-refractivity contribution in [2.45, 2.75) is 45.1 Å². The van der Waals surface area contributed by atoms with E-state index >= 15 is 0 Å². The Hall–Kier alpha value is -1.14. The Balaban J connectivity index is 0. The number of unbranched alkanes of at least 4 members (excludes halogenated alkanes) is 1. The first kappa shape index (κ1) is 20.2. The standard InChI is InChI=1S/C12H25N3O2.CH5N/c1-4-7-11(16)15-9-6-5-8-10(13-2)12(17)14-3;1-2/h10,13H,4-9H2,1-3H3,(H,14,17)(H,15,16);2H2,1H3/t10-;/m0./s1. The third-order valence-corrected chi connectivity index (χ3v) is 2.63. The quantitative estimate of drug-likeness (QED) is 0.444. The van der Waals surface area contributed by atoms with E-state index in [0.29, 0.717) is 13.0 Å². The number of carbonyl (C=O) groups is 2. The zero-order chi connectivity index (χ0) is 15.1. The largest absolute Gasteiger partial charge is 0.358 e. The lowest BCUT2D eigenvalue weighted by molar-refractivity contribution is -0.123. The molecule has 0 unspecified atom stereocenters. The van der Waals surface area contributed by atoms with Gasteiger partial charge in [-0.05, 0) is 39.8 Å². The minimum atomic E-state index is -0.133. The molecule has 0 aliphatic carbocycles. The monoisotopic (exact) mass is 274 g/mol. The van der Waals surface area contributed by atoms with Crippen LogP contribution in [0.2, 0.25) is 0 Å². The van der Waals surface area contributed by atoms with Gasteiger partial charge in [0, 0.05) is 20.0 Å². The Bertz CT molecular complexity index is 235. The van der Waals surface area contributed by atoms with Gasteiger partial charge >= 0.3 is 0 Å². The number of hydrogen-bond donors (Lipinski definition) is 4. The summed E-state index contributed by atoms with van der Waals surface area (Å²) in [7, 11) is 4.92. The van der Waals surface area contributed by atoms with Gasteiger partial charge in [0.2, 0.25) is 11.8 Å². The topological polar surface area (TPSA) is 96.2 Å². The van der Waals surface area contributed by atoms with E-state index in [1.807, 2.05) is 6.92 Å². The van der Waals surface area contributed by atoms with Crippen molar-refractivity contribution in [1.29, 1.82) is 0 Å². The van der Waals surface area contributed by atoms with Gasteiger partial charge in [0.15, 0.2) is 0 Å². The van der Waals surface area contributed by atoms with Crippen LogP contribution < -0.4 is 21.7 Å². The van der Waals surface area contributed by atoms with E-state index in [0.717, 1.165) is 25.7 Å². The molecule has 0 aromatic carbocycles. The van der Waals surface area contributed by atoms with Crippen molar-refractivity contribution in [2.75, 3.05) is 27.7 Å². The van der Waals surface area contributed by atoms with Crippen molar-refractivity contribution in [1.82, 2.24) is 16.0 Å². The van der Waals surface area contributed by atoms with Crippen LogP contribution in [-0.2, 0) is 9.59 Å². The van der Waals surface area contributed by atoms with E-state index in [-0.39, 0.29) is 17.9 Å². The van der Waals surface area contributed by atoms with Crippen LogP contribution in [0.4, 0.5) is 0 Å². The van der Waals surface area contributed by atoms with E-state index < -0.39 is 0 Å². The number of nitrogens with two attached hydrogens (primary N) is 1. The van der Waals surface area contributed by atoms with Crippen molar-refractivity contribution in [3.8, 4) is 0 Å². The summed E-state index contributed by atoms with van der Waals surface area (Å²) in [6, 6.07) is -0.133. The number of amides is 2. The van der Waals surface area contributed by atoms with Gasteiger partial charge in [0.25, 0.3) is 0 Å². The molecule has 0 bridgehead atoms. The maximum atomic E-state index is 11.4. The first-order valence-electron chi connectivity index (χ1n) is 6.89. The first-order chi connectivity index (χ1) is 9.15. The predicted molar refractivity (Wildman–Crippen MR) is 78.8 cm³/mol. The Morgan fingerprint density at radius 1 is 1.16 bits per heavy atom. The van der Waals surface area contributed by atoms with Crippen LogP contribution in [0.3, 0.4) is 0 Å². The smallest absolute Gasteiger partial charge is 0.236 e. The van der Waals surface area contributed by atoms with E-state index in [1.165, 1.54) is 7.05 Å². The Labute approximate surface area is 116 Å². The second-order valence-corrected chi connectivity index (χ2v) is 4.05. The predicted octanol–water partition coefficient (Wildman–Crippen LogP) is -0.0181. The van der Waals surface area contributed by atoms with Gasteiger partial charge < -0.3 is 21.7 Å². The maximum Gasteiger partial charge on any atom is 0.236 e. The van der Waals surface area contributed by atoms with E-state index in [2.05, 4.69) is 21.7 Å². The molecular formula is C13H30N4O2. The summed E-state index contributed by atoms with van der Waals surface area (Å²) in [5.41, 5.74) is 4.50. The summed E-state index contributed by atoms with van der Waals surface area (Å²) in [4.78, 5) is 22.5. The number of hydrogen-bond acceptors (Lipinski definition) is 4. The summed E-state index contributed by atoms with van der Waals surface area (Å²) < 4.78 is 0. The zero-order valence-electron chi connectivity index (χ0n) is 12.7. The molecule has 0 radical (unpaired) electrons. The van der Waals surface area contributed by atoms with Gasteiger partial charge in [-0.15, -0.1) is 0 Å². The SMILES string of the molecule is CCCC(=O)NCCCC[C@H](NC)C(=O)NC.CN. The van der Waals surface area contributed by atoms with E-state index in [4.69, 9.17) is 0 Å². The van der Waals surface area contributed by atoms with Crippen molar-refractivity contribution < 1.29 is 9.59 Å². The van der Waals surface area contributed by atoms with Gasteiger partial charge in [-0.2, -0.15) is 0 Å². The summed E-state index contributed by atoms with van der Waals surface area (Å²) in [6.45, 7) is 2.68. The zero-order valence-corrected chi connectivity index (χ0v) is 12.7. The molecule has 0 aliphatic heterocycles. The van der Waals surface area contributed by atoms with Crippen LogP contribution in [0, 0.1) is 0 Å². The van der Waals surface area contributed by atoms with Crippen LogP contribution in [0.1, 0.15) is 39.0 Å². The van der Waals surface area contributed by atoms with Crippen molar-refractivity contribution in [2.24, 2.45) is 5.73 Å². The molecule has 0 heterocycles. The van der Waals surface area contributed by atoms with Gasteiger partial charge in [-0.3, -0.25) is 9.59 Å². The Morgan fingerprint density at radius 3 is 2.26 bits per heavy atom. The van der Waals surface area contributed by atoms with Crippen LogP contribution in [0.5, 0.6) is 0 Å². The maximum absolute atomic E-state index is 11.4. The Kier molecular flexibility index (Phi) is 15.8. The first-order valence-corrected chi connectivity index (χ1v) is 6.89. The highest BCUT2D eigenvalue weighted by molar-refractivity contribution is 5.81. The summed E-state index contributed by atoms with van der Waals surface area (Å²) >= 11 is 0. The third kappa shape index (κ3) is 11.7. The number of nitrogens with one attached hydrogen (secondary N) is 3. The van der Waals surface area contributed by atoms with Crippen LogP contribution in [0.25, 0.3) is 0 Å². The minimum absolute atomic E-state index is 0.0162. The molecule has 0 rings (SSSR count). The summed E-state index contributed by atoms with van der Waals surface area (Å²) in [5.74, 6) is 0.131. The highest BCUT2D eigenvalue weighted by Crippen LogP contribution is 2.00. The molecule has 114 valence electrons. The van der Waals surface area contributed by atoms with Crippen LogP contribution in [-0.4, -0.2) is 45.5 Å². The molecule has 19 heavy (non-hydrogen) atoms. The average molecular weight is 274 g/mol. The number of carbonyl (C=O) groups excluding carboxylic acids is 2. The summed E-state index contributed by atoms with van der Waals surface area (Å²) in [5, 5.41) is 8.45. The molecule has 5 N–H and O–H groups in total. The fourth-order valence-corrected chi connectivity index (χ4v) is 1.60. The Morgan fingerprint density at radius 2 is 1.79 bits per heavy atom. The molecule has 0 spiro atoms. The van der Waals surface area contributed by atoms with Gasteiger partial charge in [0.1, 0.15) is 0 Å². The highest BCUT2D eigenvalue weighted by Gasteiger charge is 2.13. The summed E-state index contributed by atoms with van der Waals surface area (Å²) in [6.07, 6.45) is 4.09. The van der Waals surface area contributed by atoms with Crippen molar-refractivity contribution >= 4 is 11.8 Å². The van der Waals surface area contributed by atoms with Crippen LogP contribution in [0.15, 0.2) is 0 Å². The third-order valence-electron chi connectivity index (χ3n) is 2.63.